The lowest BCUT2D eigenvalue weighted by molar-refractivity contribution is -0.139. The number of fused-ring (bicyclic) bond motifs is 1. The molecule has 0 aliphatic carbocycles. The molecule has 2 unspecified atom stereocenters. The van der Waals surface area contributed by atoms with Gasteiger partial charge in [0.1, 0.15) is 16.2 Å². The number of ether oxygens (including phenoxy) is 1. The Morgan fingerprint density at radius 3 is 2.60 bits per heavy atom. The number of amides is 1. The van der Waals surface area contributed by atoms with Crippen molar-refractivity contribution in [3.8, 4) is 5.75 Å². The van der Waals surface area contributed by atoms with Gasteiger partial charge in [0, 0.05) is 43.3 Å². The number of carbonyl (C=O) groups excluding carboxylic acids is 1. The molecule has 0 radical (unpaired) electrons. The molecule has 1 N–H and O–H groups in total. The lowest BCUT2D eigenvalue weighted by Gasteiger charge is -2.44. The van der Waals surface area contributed by atoms with Crippen LogP contribution < -0.4 is 4.74 Å². The van der Waals surface area contributed by atoms with Crippen LogP contribution in [0.3, 0.4) is 0 Å². The number of halogens is 2. The first-order chi connectivity index (χ1) is 16.5. The van der Waals surface area contributed by atoms with Crippen LogP contribution in [0.2, 0.25) is 0 Å². The number of benzene rings is 2. The maximum atomic E-state index is 13.2. The van der Waals surface area contributed by atoms with Crippen molar-refractivity contribution in [3.05, 3.63) is 63.6 Å². The SMILES string of the molecule is CC1CN(C(=O)COc2c(I)cc(S(=O)(=O)O)c3cccnc23)C(C)CN1Cc1ccc(F)cc1. The number of piperazine rings is 1. The van der Waals surface area contributed by atoms with Gasteiger partial charge < -0.3 is 9.64 Å². The van der Waals surface area contributed by atoms with E-state index >= 15 is 0 Å². The predicted octanol–water partition coefficient (Wildman–Crippen LogP) is 3.73. The smallest absolute Gasteiger partial charge is 0.295 e. The molecule has 1 aliphatic heterocycles. The van der Waals surface area contributed by atoms with E-state index in [-0.39, 0.29) is 52.0 Å². The number of aromatic nitrogens is 1. The summed E-state index contributed by atoms with van der Waals surface area (Å²) < 4.78 is 52.7. The van der Waals surface area contributed by atoms with E-state index in [1.165, 1.54) is 30.5 Å². The second-order valence-corrected chi connectivity index (χ2v) is 11.2. The van der Waals surface area contributed by atoms with Crippen LogP contribution in [0, 0.1) is 9.39 Å². The normalized spacial score (nSPS) is 19.2. The number of hydrogen-bond acceptors (Lipinski definition) is 6. The summed E-state index contributed by atoms with van der Waals surface area (Å²) in [6, 6.07) is 10.9. The first-order valence-electron chi connectivity index (χ1n) is 11.0. The molecule has 1 fully saturated rings. The van der Waals surface area contributed by atoms with Crippen LogP contribution in [-0.4, -0.2) is 65.4 Å². The molecular weight excluding hydrogens is 588 g/mol. The van der Waals surface area contributed by atoms with Gasteiger partial charge in [-0.3, -0.25) is 19.2 Å². The third-order valence-electron chi connectivity index (χ3n) is 6.12. The second-order valence-electron chi connectivity index (χ2n) is 8.65. The standard InChI is InChI=1S/C24H25FIN3O5S/c1-15-12-29(16(2)11-28(15)13-17-5-7-18(25)8-6-17)22(30)14-34-24-20(26)10-21(35(31,32)33)19-4-3-9-27-23(19)24/h3-10,15-16H,11-14H2,1-2H3,(H,31,32,33). The lowest BCUT2D eigenvalue weighted by atomic mass is 10.1. The highest BCUT2D eigenvalue weighted by atomic mass is 127. The number of carbonyl (C=O) groups is 1. The average molecular weight is 613 g/mol. The minimum atomic E-state index is -4.46. The van der Waals surface area contributed by atoms with Crippen LogP contribution in [0.25, 0.3) is 10.9 Å². The van der Waals surface area contributed by atoms with E-state index in [0.29, 0.717) is 23.2 Å². The van der Waals surface area contributed by atoms with Crippen molar-refractivity contribution in [2.45, 2.75) is 37.4 Å². The Kier molecular flexibility index (Phi) is 7.60. The first-order valence-corrected chi connectivity index (χ1v) is 13.5. The van der Waals surface area contributed by atoms with Crippen LogP contribution in [-0.2, 0) is 21.5 Å². The van der Waals surface area contributed by atoms with Crippen LogP contribution in [0.1, 0.15) is 19.4 Å². The molecule has 2 aromatic carbocycles. The highest BCUT2D eigenvalue weighted by Crippen LogP contribution is 2.34. The fourth-order valence-corrected chi connectivity index (χ4v) is 5.96. The van der Waals surface area contributed by atoms with E-state index in [1.54, 1.807) is 23.1 Å². The summed E-state index contributed by atoms with van der Waals surface area (Å²) in [5.41, 5.74) is 1.27. The van der Waals surface area contributed by atoms with Crippen LogP contribution in [0.5, 0.6) is 5.75 Å². The fourth-order valence-electron chi connectivity index (χ4n) is 4.31. The zero-order valence-corrected chi connectivity index (χ0v) is 22.2. The molecule has 2 heterocycles. The summed E-state index contributed by atoms with van der Waals surface area (Å²) >= 11 is 1.90. The molecule has 0 spiro atoms. The van der Waals surface area contributed by atoms with Crippen molar-refractivity contribution in [2.75, 3.05) is 19.7 Å². The molecule has 11 heteroatoms. The highest BCUT2D eigenvalue weighted by molar-refractivity contribution is 14.1. The van der Waals surface area contributed by atoms with Crippen molar-refractivity contribution < 1.29 is 26.9 Å². The van der Waals surface area contributed by atoms with E-state index in [0.717, 1.165) is 5.56 Å². The zero-order chi connectivity index (χ0) is 25.3. The lowest BCUT2D eigenvalue weighted by Crippen LogP contribution is -2.58. The Morgan fingerprint density at radius 1 is 1.20 bits per heavy atom. The van der Waals surface area contributed by atoms with Crippen molar-refractivity contribution in [1.29, 1.82) is 0 Å². The Hall–Kier alpha value is -2.35. The molecule has 1 aliphatic rings. The van der Waals surface area contributed by atoms with E-state index in [4.69, 9.17) is 4.74 Å². The summed E-state index contributed by atoms with van der Waals surface area (Å²) in [6.45, 7) is 5.63. The first kappa shape index (κ1) is 25.7. The van der Waals surface area contributed by atoms with Gasteiger partial charge in [0.2, 0.25) is 0 Å². The molecule has 186 valence electrons. The molecule has 1 aromatic heterocycles. The third-order valence-corrected chi connectivity index (χ3v) is 7.81. The molecular formula is C24H25FIN3O5S. The molecule has 0 bridgehead atoms. The van der Waals surface area contributed by atoms with Gasteiger partial charge in [-0.05, 0) is 72.3 Å². The van der Waals surface area contributed by atoms with Gasteiger partial charge in [-0.15, -0.1) is 0 Å². The fraction of sp³-hybridized carbons (Fsp3) is 0.333. The third kappa shape index (κ3) is 5.74. The number of nitrogens with zero attached hydrogens (tertiary/aromatic N) is 3. The maximum Gasteiger partial charge on any atom is 0.295 e. The molecule has 35 heavy (non-hydrogen) atoms. The Balaban J connectivity index is 1.46. The van der Waals surface area contributed by atoms with Gasteiger partial charge in [-0.1, -0.05) is 12.1 Å². The minimum Gasteiger partial charge on any atom is -0.480 e. The molecule has 2 atom stereocenters. The summed E-state index contributed by atoms with van der Waals surface area (Å²) in [6.07, 6.45) is 1.49. The Labute approximate surface area is 217 Å². The van der Waals surface area contributed by atoms with Gasteiger partial charge in [0.25, 0.3) is 16.0 Å². The van der Waals surface area contributed by atoms with Gasteiger partial charge in [0.05, 0.1) is 3.57 Å². The van der Waals surface area contributed by atoms with E-state index in [9.17, 15) is 22.2 Å². The summed E-state index contributed by atoms with van der Waals surface area (Å²) in [5.74, 6) is -0.169. The summed E-state index contributed by atoms with van der Waals surface area (Å²) in [5, 5.41) is 0.217. The van der Waals surface area contributed by atoms with Crippen molar-refractivity contribution in [3.63, 3.8) is 0 Å². The van der Waals surface area contributed by atoms with E-state index in [2.05, 4.69) is 9.88 Å². The van der Waals surface area contributed by atoms with Crippen molar-refractivity contribution in [2.24, 2.45) is 0 Å². The van der Waals surface area contributed by atoms with Gasteiger partial charge in [-0.2, -0.15) is 8.42 Å². The molecule has 4 rings (SSSR count). The van der Waals surface area contributed by atoms with Crippen molar-refractivity contribution in [1.82, 2.24) is 14.8 Å². The summed E-state index contributed by atoms with van der Waals surface area (Å²) in [7, 11) is -4.46. The second kappa shape index (κ2) is 10.3. The van der Waals surface area contributed by atoms with Gasteiger partial charge in [0.15, 0.2) is 12.4 Å². The largest absolute Gasteiger partial charge is 0.480 e. The zero-order valence-electron chi connectivity index (χ0n) is 19.2. The topological polar surface area (TPSA) is 100 Å². The summed E-state index contributed by atoms with van der Waals surface area (Å²) in [4.78, 5) is 21.1. The molecule has 1 saturated heterocycles. The Morgan fingerprint density at radius 2 is 1.91 bits per heavy atom. The van der Waals surface area contributed by atoms with Crippen LogP contribution in [0.15, 0.2) is 53.6 Å². The quantitative estimate of drug-likeness (QED) is 0.334. The molecule has 1 amide bonds. The Bertz CT molecular complexity index is 1350. The van der Waals surface area contributed by atoms with Gasteiger partial charge >= 0.3 is 0 Å². The predicted molar refractivity (Wildman–Crippen MR) is 137 cm³/mol. The molecule has 0 saturated carbocycles. The molecule has 3 aromatic rings. The average Bonchev–Trinajstić information content (AvgIpc) is 2.80. The van der Waals surface area contributed by atoms with E-state index < -0.39 is 10.1 Å². The van der Waals surface area contributed by atoms with E-state index in [1.807, 2.05) is 36.4 Å². The monoisotopic (exact) mass is 613 g/mol. The number of rotatable bonds is 6. The van der Waals surface area contributed by atoms with Crippen LogP contribution in [0.4, 0.5) is 4.39 Å². The highest BCUT2D eigenvalue weighted by Gasteiger charge is 2.32. The number of pyridine rings is 1. The number of hydrogen-bond donors (Lipinski definition) is 1. The molecule has 8 nitrogen and oxygen atoms in total. The van der Waals surface area contributed by atoms with Crippen molar-refractivity contribution >= 4 is 49.5 Å². The van der Waals surface area contributed by atoms with Gasteiger partial charge in [-0.25, -0.2) is 4.39 Å². The van der Waals surface area contributed by atoms with Crippen LogP contribution >= 0.6 is 22.6 Å². The maximum absolute atomic E-state index is 13.2. The minimum absolute atomic E-state index is 0.0569.